The second-order valence-corrected chi connectivity index (χ2v) is 6.08. The van der Waals surface area contributed by atoms with E-state index < -0.39 is 0 Å². The van der Waals surface area contributed by atoms with Gasteiger partial charge in [0, 0.05) is 26.2 Å². The van der Waals surface area contributed by atoms with Gasteiger partial charge in [-0.3, -0.25) is 9.69 Å². The topological polar surface area (TPSA) is 41.6 Å². The lowest BCUT2D eigenvalue weighted by Gasteiger charge is -2.17. The Morgan fingerprint density at radius 3 is 2.61 bits per heavy atom. The van der Waals surface area contributed by atoms with Crippen LogP contribution in [0.5, 0.6) is 0 Å². The van der Waals surface area contributed by atoms with E-state index in [1.807, 2.05) is 0 Å². The Balaban J connectivity index is 1.36. The van der Waals surface area contributed by atoms with Gasteiger partial charge in [-0.25, -0.2) is 0 Å². The number of fused-ring (bicyclic) bond motifs is 1. The molecule has 1 saturated carbocycles. The van der Waals surface area contributed by atoms with Crippen molar-refractivity contribution in [1.82, 2.24) is 10.2 Å². The second-order valence-electron chi connectivity index (χ2n) is 6.08. The Labute approximate surface area is 109 Å². The first-order valence-electron chi connectivity index (χ1n) is 7.42. The Bertz CT molecular complexity index is 290. The molecule has 1 amide bonds. The van der Waals surface area contributed by atoms with Gasteiger partial charge in [-0.1, -0.05) is 6.42 Å². The number of nitrogens with one attached hydrogen (secondary N) is 1. The van der Waals surface area contributed by atoms with Gasteiger partial charge in [-0.15, -0.1) is 0 Å². The van der Waals surface area contributed by atoms with Gasteiger partial charge in [0.05, 0.1) is 12.6 Å². The molecule has 0 radical (unpaired) electrons. The highest BCUT2D eigenvalue weighted by atomic mass is 16.5. The zero-order chi connectivity index (χ0) is 12.4. The lowest BCUT2D eigenvalue weighted by atomic mass is 10.0. The van der Waals surface area contributed by atoms with Crippen molar-refractivity contribution in [3.8, 4) is 0 Å². The zero-order valence-electron chi connectivity index (χ0n) is 11.1. The number of carbonyl (C=O) groups excluding carboxylic acids is 1. The average molecular weight is 252 g/mol. The molecular weight excluding hydrogens is 228 g/mol. The Hall–Kier alpha value is -0.610. The molecule has 0 bridgehead atoms. The third kappa shape index (κ3) is 2.86. The summed E-state index contributed by atoms with van der Waals surface area (Å²) in [7, 11) is 0. The summed E-state index contributed by atoms with van der Waals surface area (Å²) in [4.78, 5) is 14.2. The lowest BCUT2D eigenvalue weighted by molar-refractivity contribution is -0.122. The molecule has 3 atom stereocenters. The fourth-order valence-corrected chi connectivity index (χ4v) is 3.75. The third-order valence-electron chi connectivity index (χ3n) is 4.72. The smallest absolute Gasteiger partial charge is 0.234 e. The van der Waals surface area contributed by atoms with Crippen LogP contribution < -0.4 is 5.32 Å². The van der Waals surface area contributed by atoms with Crippen LogP contribution in [0.4, 0.5) is 0 Å². The van der Waals surface area contributed by atoms with Gasteiger partial charge in [-0.2, -0.15) is 0 Å². The molecule has 102 valence electrons. The highest BCUT2D eigenvalue weighted by Gasteiger charge is 2.36. The van der Waals surface area contributed by atoms with Crippen LogP contribution in [0.1, 0.15) is 32.1 Å². The van der Waals surface area contributed by atoms with Crippen LogP contribution in [0.25, 0.3) is 0 Å². The highest BCUT2D eigenvalue weighted by molar-refractivity contribution is 5.78. The van der Waals surface area contributed by atoms with Crippen molar-refractivity contribution in [1.29, 1.82) is 0 Å². The standard InChI is InChI=1S/C14H24N2O2/c17-14(15-7-13-5-2-6-18-13)10-16-8-11-3-1-4-12(11)9-16/h11-13H,1-10H2,(H,15,17). The molecule has 2 heterocycles. The minimum atomic E-state index is 0.172. The summed E-state index contributed by atoms with van der Waals surface area (Å²) in [6, 6.07) is 0. The summed E-state index contributed by atoms with van der Waals surface area (Å²) in [6.07, 6.45) is 6.63. The number of carbonyl (C=O) groups is 1. The molecule has 1 N–H and O–H groups in total. The lowest BCUT2D eigenvalue weighted by Crippen LogP contribution is -2.39. The van der Waals surface area contributed by atoms with E-state index in [-0.39, 0.29) is 12.0 Å². The molecule has 18 heavy (non-hydrogen) atoms. The van der Waals surface area contributed by atoms with Crippen LogP contribution in [0.3, 0.4) is 0 Å². The number of hydrogen-bond acceptors (Lipinski definition) is 3. The molecule has 2 aliphatic heterocycles. The molecule has 0 aromatic carbocycles. The number of rotatable bonds is 4. The first kappa shape index (κ1) is 12.4. The van der Waals surface area contributed by atoms with E-state index in [1.54, 1.807) is 0 Å². The van der Waals surface area contributed by atoms with Crippen LogP contribution >= 0.6 is 0 Å². The van der Waals surface area contributed by atoms with E-state index >= 15 is 0 Å². The number of amides is 1. The summed E-state index contributed by atoms with van der Waals surface area (Å²) >= 11 is 0. The molecule has 0 spiro atoms. The van der Waals surface area contributed by atoms with E-state index in [0.29, 0.717) is 13.1 Å². The zero-order valence-corrected chi connectivity index (χ0v) is 11.1. The normalized spacial score (nSPS) is 35.9. The van der Waals surface area contributed by atoms with Crippen molar-refractivity contribution < 1.29 is 9.53 Å². The maximum absolute atomic E-state index is 11.9. The quantitative estimate of drug-likeness (QED) is 0.812. The maximum Gasteiger partial charge on any atom is 0.234 e. The Kier molecular flexibility index (Phi) is 3.85. The number of ether oxygens (including phenoxy) is 1. The monoisotopic (exact) mass is 252 g/mol. The molecule has 4 nitrogen and oxygen atoms in total. The number of likely N-dealkylation sites (tertiary alicyclic amines) is 1. The van der Waals surface area contributed by atoms with Crippen molar-refractivity contribution in [2.45, 2.75) is 38.2 Å². The van der Waals surface area contributed by atoms with Crippen LogP contribution in [-0.4, -0.2) is 49.7 Å². The first-order valence-corrected chi connectivity index (χ1v) is 7.42. The maximum atomic E-state index is 11.9. The molecule has 1 aliphatic carbocycles. The molecular formula is C14H24N2O2. The second kappa shape index (κ2) is 5.57. The van der Waals surface area contributed by atoms with Crippen molar-refractivity contribution in [3.05, 3.63) is 0 Å². The average Bonchev–Trinajstić information content (AvgIpc) is 3.01. The highest BCUT2D eigenvalue weighted by Crippen LogP contribution is 2.37. The molecule has 3 rings (SSSR count). The van der Waals surface area contributed by atoms with E-state index in [0.717, 1.165) is 44.4 Å². The fraction of sp³-hybridized carbons (Fsp3) is 0.929. The molecule has 3 unspecified atom stereocenters. The summed E-state index contributed by atoms with van der Waals surface area (Å²) in [5.74, 6) is 1.91. The predicted molar refractivity (Wildman–Crippen MR) is 69.3 cm³/mol. The predicted octanol–water partition coefficient (Wildman–Crippen LogP) is 1.01. The van der Waals surface area contributed by atoms with Gasteiger partial charge in [0.25, 0.3) is 0 Å². The minimum absolute atomic E-state index is 0.172. The molecule has 0 aromatic rings. The number of hydrogen-bond donors (Lipinski definition) is 1. The fourth-order valence-electron chi connectivity index (χ4n) is 3.75. The van der Waals surface area contributed by atoms with Crippen LogP contribution in [-0.2, 0) is 9.53 Å². The van der Waals surface area contributed by atoms with Gasteiger partial charge in [0.2, 0.25) is 5.91 Å². The van der Waals surface area contributed by atoms with Gasteiger partial charge in [-0.05, 0) is 37.5 Å². The van der Waals surface area contributed by atoms with E-state index in [9.17, 15) is 4.79 Å². The largest absolute Gasteiger partial charge is 0.376 e. The van der Waals surface area contributed by atoms with Gasteiger partial charge in [0.15, 0.2) is 0 Å². The van der Waals surface area contributed by atoms with E-state index in [4.69, 9.17) is 4.74 Å². The SMILES string of the molecule is O=C(CN1CC2CCCC2C1)NCC1CCCO1. The van der Waals surface area contributed by atoms with E-state index in [2.05, 4.69) is 10.2 Å². The third-order valence-corrected chi connectivity index (χ3v) is 4.72. The van der Waals surface area contributed by atoms with Crippen LogP contribution in [0.2, 0.25) is 0 Å². The molecule has 3 aliphatic rings. The summed E-state index contributed by atoms with van der Waals surface area (Å²) in [5, 5.41) is 3.01. The molecule has 0 aromatic heterocycles. The van der Waals surface area contributed by atoms with Gasteiger partial charge < -0.3 is 10.1 Å². The van der Waals surface area contributed by atoms with Crippen LogP contribution in [0, 0.1) is 11.8 Å². The Morgan fingerprint density at radius 1 is 1.17 bits per heavy atom. The molecule has 2 saturated heterocycles. The molecule has 3 fully saturated rings. The summed E-state index contributed by atoms with van der Waals surface area (Å²) in [6.45, 7) is 4.41. The van der Waals surface area contributed by atoms with Crippen LogP contribution in [0.15, 0.2) is 0 Å². The summed E-state index contributed by atoms with van der Waals surface area (Å²) in [5.41, 5.74) is 0. The minimum Gasteiger partial charge on any atom is -0.376 e. The van der Waals surface area contributed by atoms with E-state index in [1.165, 1.54) is 19.3 Å². The van der Waals surface area contributed by atoms with Gasteiger partial charge in [0.1, 0.15) is 0 Å². The van der Waals surface area contributed by atoms with Crippen molar-refractivity contribution >= 4 is 5.91 Å². The Morgan fingerprint density at radius 2 is 1.94 bits per heavy atom. The van der Waals surface area contributed by atoms with Crippen molar-refractivity contribution in [2.24, 2.45) is 11.8 Å². The van der Waals surface area contributed by atoms with Crippen molar-refractivity contribution in [3.63, 3.8) is 0 Å². The van der Waals surface area contributed by atoms with Crippen molar-refractivity contribution in [2.75, 3.05) is 32.8 Å². The van der Waals surface area contributed by atoms with Gasteiger partial charge >= 0.3 is 0 Å². The molecule has 4 heteroatoms. The number of nitrogens with zero attached hydrogens (tertiary/aromatic N) is 1. The first-order chi connectivity index (χ1) is 8.81. The summed E-state index contributed by atoms with van der Waals surface area (Å²) < 4.78 is 5.51.